The summed E-state index contributed by atoms with van der Waals surface area (Å²) in [6.45, 7) is 0. The molecule has 31 heavy (non-hydrogen) atoms. The van der Waals surface area contributed by atoms with Crippen molar-refractivity contribution in [2.24, 2.45) is 0 Å². The average molecular weight is 413 g/mol. The number of carbonyl (C=O) groups is 3. The first-order chi connectivity index (χ1) is 15.0. The maximum atomic E-state index is 13.0. The molecule has 0 spiro atoms. The van der Waals surface area contributed by atoms with E-state index < -0.39 is 22.6 Å². The number of hydrogen-bond donors (Lipinski definition) is 1. The third-order valence-corrected chi connectivity index (χ3v) is 4.70. The van der Waals surface area contributed by atoms with E-state index in [1.54, 1.807) is 42.5 Å². The van der Waals surface area contributed by atoms with E-state index in [1.807, 2.05) is 0 Å². The molecule has 152 valence electrons. The summed E-state index contributed by atoms with van der Waals surface area (Å²) in [5.74, 6) is -1.53. The number of nitro benzene ring substituents is 1. The van der Waals surface area contributed by atoms with Crippen LogP contribution in [0.2, 0.25) is 0 Å². The van der Waals surface area contributed by atoms with Crippen LogP contribution in [0.1, 0.15) is 26.3 Å². The van der Waals surface area contributed by atoms with Gasteiger partial charge in [-0.25, -0.2) is 4.90 Å². The van der Waals surface area contributed by atoms with Crippen LogP contribution in [0.3, 0.4) is 0 Å². The van der Waals surface area contributed by atoms with Crippen LogP contribution in [0.25, 0.3) is 6.08 Å². The van der Waals surface area contributed by atoms with E-state index in [0.29, 0.717) is 11.3 Å². The number of nitro groups is 1. The molecule has 0 fully saturated rings. The molecule has 3 amide bonds. The molecule has 0 aliphatic carbocycles. The number of benzene rings is 3. The molecule has 4 rings (SSSR count). The fourth-order valence-corrected chi connectivity index (χ4v) is 3.29. The third-order valence-electron chi connectivity index (χ3n) is 4.70. The Morgan fingerprint density at radius 2 is 1.68 bits per heavy atom. The number of nitrogens with one attached hydrogen (secondary N) is 1. The lowest BCUT2D eigenvalue weighted by molar-refractivity contribution is -0.384. The van der Waals surface area contributed by atoms with E-state index in [4.69, 9.17) is 0 Å². The highest BCUT2D eigenvalue weighted by molar-refractivity contribution is 6.36. The topological polar surface area (TPSA) is 110 Å². The zero-order valence-corrected chi connectivity index (χ0v) is 16.0. The van der Waals surface area contributed by atoms with Crippen LogP contribution in [0.4, 0.5) is 17.1 Å². The maximum Gasteiger partial charge on any atom is 0.270 e. The lowest BCUT2D eigenvalue weighted by Gasteiger charge is -2.13. The van der Waals surface area contributed by atoms with Crippen molar-refractivity contribution in [2.45, 2.75) is 0 Å². The third kappa shape index (κ3) is 3.82. The van der Waals surface area contributed by atoms with Crippen LogP contribution < -0.4 is 10.2 Å². The number of rotatable bonds is 5. The molecule has 1 N–H and O–H groups in total. The van der Waals surface area contributed by atoms with Gasteiger partial charge in [0.05, 0.1) is 27.4 Å². The summed E-state index contributed by atoms with van der Waals surface area (Å²) in [6, 6.07) is 19.0. The Kier molecular flexibility index (Phi) is 5.11. The molecule has 0 bridgehead atoms. The smallest absolute Gasteiger partial charge is 0.270 e. The van der Waals surface area contributed by atoms with E-state index in [2.05, 4.69) is 5.32 Å². The Labute approximate surface area is 176 Å². The van der Waals surface area contributed by atoms with Gasteiger partial charge in [0.15, 0.2) is 0 Å². The van der Waals surface area contributed by atoms with Crippen molar-refractivity contribution in [2.75, 3.05) is 10.2 Å². The van der Waals surface area contributed by atoms with Gasteiger partial charge >= 0.3 is 0 Å². The van der Waals surface area contributed by atoms with Crippen LogP contribution >= 0.6 is 0 Å². The molecule has 0 saturated heterocycles. The minimum Gasteiger partial charge on any atom is -0.322 e. The Hall–Kier alpha value is -4.59. The molecule has 0 unspecified atom stereocenters. The minimum atomic E-state index is -0.543. The number of imide groups is 1. The summed E-state index contributed by atoms with van der Waals surface area (Å²) < 4.78 is 0. The quantitative estimate of drug-likeness (QED) is 0.294. The molecular formula is C23H15N3O5. The monoisotopic (exact) mass is 413 g/mol. The highest BCUT2D eigenvalue weighted by Crippen LogP contribution is 2.32. The highest BCUT2D eigenvalue weighted by atomic mass is 16.6. The van der Waals surface area contributed by atoms with Crippen LogP contribution in [0.5, 0.6) is 0 Å². The van der Waals surface area contributed by atoms with Crippen LogP contribution in [-0.2, 0) is 4.79 Å². The van der Waals surface area contributed by atoms with E-state index in [9.17, 15) is 24.5 Å². The fourth-order valence-electron chi connectivity index (χ4n) is 3.29. The number of nitrogens with zero attached hydrogens (tertiary/aromatic N) is 2. The molecule has 8 nitrogen and oxygen atoms in total. The van der Waals surface area contributed by atoms with Gasteiger partial charge in [0.2, 0.25) is 5.91 Å². The van der Waals surface area contributed by atoms with Gasteiger partial charge in [-0.1, -0.05) is 36.4 Å². The van der Waals surface area contributed by atoms with Gasteiger partial charge < -0.3 is 5.32 Å². The Balaban J connectivity index is 1.57. The van der Waals surface area contributed by atoms with E-state index in [-0.39, 0.29) is 22.5 Å². The van der Waals surface area contributed by atoms with Gasteiger partial charge in [0.25, 0.3) is 17.5 Å². The van der Waals surface area contributed by atoms with Crippen molar-refractivity contribution in [1.82, 2.24) is 0 Å². The van der Waals surface area contributed by atoms with Crippen molar-refractivity contribution in [3.63, 3.8) is 0 Å². The second-order valence-corrected chi connectivity index (χ2v) is 6.68. The lowest BCUT2D eigenvalue weighted by atomic mass is 10.1. The SMILES string of the molecule is O=C(C=Cc1cccc([N+](=O)[O-])c1)Nc1cccc2c1C(=O)N(c1ccccc1)C2=O. The fraction of sp³-hybridized carbons (Fsp3) is 0. The van der Waals surface area contributed by atoms with E-state index in [1.165, 1.54) is 42.5 Å². The average Bonchev–Trinajstić information content (AvgIpc) is 3.04. The number of non-ortho nitro benzene ring substituents is 1. The zero-order chi connectivity index (χ0) is 22.0. The highest BCUT2D eigenvalue weighted by Gasteiger charge is 2.38. The first-order valence-electron chi connectivity index (χ1n) is 9.26. The number of anilines is 2. The molecular weight excluding hydrogens is 398 g/mol. The summed E-state index contributed by atoms with van der Waals surface area (Å²) in [4.78, 5) is 49.5. The van der Waals surface area contributed by atoms with Gasteiger partial charge in [-0.2, -0.15) is 0 Å². The maximum absolute atomic E-state index is 13.0. The summed E-state index contributed by atoms with van der Waals surface area (Å²) in [5, 5.41) is 13.5. The van der Waals surface area contributed by atoms with Gasteiger partial charge in [0, 0.05) is 18.2 Å². The first-order valence-corrected chi connectivity index (χ1v) is 9.26. The summed E-state index contributed by atoms with van der Waals surface area (Å²) in [5.41, 5.74) is 1.36. The normalized spacial score (nSPS) is 12.8. The summed E-state index contributed by atoms with van der Waals surface area (Å²) in [6.07, 6.45) is 2.63. The number of amides is 3. The van der Waals surface area contributed by atoms with Crippen molar-refractivity contribution < 1.29 is 19.3 Å². The largest absolute Gasteiger partial charge is 0.322 e. The molecule has 0 saturated carbocycles. The zero-order valence-electron chi connectivity index (χ0n) is 16.0. The van der Waals surface area contributed by atoms with Crippen molar-refractivity contribution in [1.29, 1.82) is 0 Å². The van der Waals surface area contributed by atoms with E-state index >= 15 is 0 Å². The van der Waals surface area contributed by atoms with Crippen LogP contribution in [-0.4, -0.2) is 22.6 Å². The second-order valence-electron chi connectivity index (χ2n) is 6.68. The molecule has 1 aliphatic heterocycles. The summed E-state index contributed by atoms with van der Waals surface area (Å²) in [7, 11) is 0. The van der Waals surface area contributed by atoms with Crippen molar-refractivity contribution in [3.8, 4) is 0 Å². The molecule has 0 aromatic heterocycles. The first kappa shape index (κ1) is 19.7. The van der Waals surface area contributed by atoms with Crippen LogP contribution in [0.15, 0.2) is 78.9 Å². The molecule has 3 aromatic carbocycles. The Morgan fingerprint density at radius 3 is 2.42 bits per heavy atom. The van der Waals surface area contributed by atoms with Crippen molar-refractivity contribution in [3.05, 3.63) is 106 Å². The van der Waals surface area contributed by atoms with Gasteiger partial charge in [-0.3, -0.25) is 24.5 Å². The Morgan fingerprint density at radius 1 is 0.935 bits per heavy atom. The molecule has 1 aliphatic rings. The molecule has 3 aromatic rings. The number of fused-ring (bicyclic) bond motifs is 1. The number of carbonyl (C=O) groups excluding carboxylic acids is 3. The molecule has 1 heterocycles. The lowest BCUT2D eigenvalue weighted by Crippen LogP contribution is -2.29. The van der Waals surface area contributed by atoms with Crippen LogP contribution in [0, 0.1) is 10.1 Å². The standard InChI is InChI=1S/C23H15N3O5/c27-20(13-12-15-6-4-9-17(14-15)26(30)31)24-19-11-5-10-18-21(19)23(29)25(22(18)28)16-7-2-1-3-8-16/h1-14H,(H,24,27). The number of hydrogen-bond acceptors (Lipinski definition) is 5. The number of para-hydroxylation sites is 1. The summed E-state index contributed by atoms with van der Waals surface area (Å²) >= 11 is 0. The molecule has 0 atom stereocenters. The predicted octanol–water partition coefficient (Wildman–Crippen LogP) is 4.05. The minimum absolute atomic E-state index is 0.0893. The van der Waals surface area contributed by atoms with Gasteiger partial charge in [-0.05, 0) is 35.9 Å². The predicted molar refractivity (Wildman–Crippen MR) is 115 cm³/mol. The van der Waals surface area contributed by atoms with Gasteiger partial charge in [0.1, 0.15) is 0 Å². The second kappa shape index (κ2) is 8.03. The molecule has 8 heteroatoms. The Bertz CT molecular complexity index is 1250. The van der Waals surface area contributed by atoms with E-state index in [0.717, 1.165) is 4.90 Å². The van der Waals surface area contributed by atoms with Gasteiger partial charge in [-0.15, -0.1) is 0 Å². The van der Waals surface area contributed by atoms with Crippen molar-refractivity contribution >= 4 is 40.9 Å². The molecule has 0 radical (unpaired) electrons.